The van der Waals surface area contributed by atoms with Crippen molar-refractivity contribution in [3.8, 4) is 11.1 Å². The molecule has 0 fully saturated rings. The van der Waals surface area contributed by atoms with Gasteiger partial charge >= 0.3 is 0 Å². The van der Waals surface area contributed by atoms with E-state index in [0.717, 1.165) is 27.5 Å². The van der Waals surface area contributed by atoms with E-state index in [0.29, 0.717) is 0 Å². The lowest BCUT2D eigenvalue weighted by atomic mass is 9.99. The highest BCUT2D eigenvalue weighted by Gasteiger charge is 2.30. The van der Waals surface area contributed by atoms with Gasteiger partial charge in [0, 0.05) is 12.5 Å². The number of hydrogen-bond donors (Lipinski definition) is 3. The van der Waals surface area contributed by atoms with E-state index in [1.54, 1.807) is 0 Å². The molecule has 0 saturated heterocycles. The van der Waals surface area contributed by atoms with Gasteiger partial charge in [-0.1, -0.05) is 61.5 Å². The number of carbonyl (C=O) groups excluding carboxylic acids is 1. The van der Waals surface area contributed by atoms with E-state index in [-0.39, 0.29) is 6.54 Å². The summed E-state index contributed by atoms with van der Waals surface area (Å²) in [4.78, 5) is 11.7. The van der Waals surface area contributed by atoms with E-state index >= 15 is 0 Å². The summed E-state index contributed by atoms with van der Waals surface area (Å²) >= 11 is 0. The molecule has 146 valence electrons. The van der Waals surface area contributed by atoms with E-state index in [1.807, 2.05) is 48.5 Å². The van der Waals surface area contributed by atoms with Gasteiger partial charge < -0.3 is 5.32 Å². The molecule has 0 aromatic heterocycles. The summed E-state index contributed by atoms with van der Waals surface area (Å²) in [6.45, 7) is 1.49. The van der Waals surface area contributed by atoms with Crippen molar-refractivity contribution in [2.45, 2.75) is 25.9 Å². The molecule has 0 aliphatic rings. The third-order valence-corrected chi connectivity index (χ3v) is 4.85. The van der Waals surface area contributed by atoms with Crippen LogP contribution in [-0.4, -0.2) is 23.6 Å². The molecule has 1 amide bonds. The Morgan fingerprint density at radius 2 is 1.64 bits per heavy atom. The summed E-state index contributed by atoms with van der Waals surface area (Å²) in [5, 5.41) is 13.7. The summed E-state index contributed by atoms with van der Waals surface area (Å²) in [6.07, 6.45) is -2.68. The number of hydroxylamine groups is 1. The molecule has 0 aliphatic heterocycles. The number of halogens is 2. The van der Waals surface area contributed by atoms with E-state index in [1.165, 1.54) is 12.4 Å². The molecule has 0 saturated carbocycles. The van der Waals surface area contributed by atoms with Crippen molar-refractivity contribution in [1.29, 1.82) is 0 Å². The van der Waals surface area contributed by atoms with Gasteiger partial charge in [-0.15, -0.1) is 0 Å². The summed E-state index contributed by atoms with van der Waals surface area (Å²) < 4.78 is 26.0. The van der Waals surface area contributed by atoms with Crippen LogP contribution in [0.25, 0.3) is 21.9 Å². The summed E-state index contributed by atoms with van der Waals surface area (Å²) in [5.74, 6) is -2.11. The summed E-state index contributed by atoms with van der Waals surface area (Å²) in [7, 11) is 0. The topological polar surface area (TPSA) is 61.4 Å². The average molecular weight is 384 g/mol. The molecule has 6 heteroatoms. The maximum absolute atomic E-state index is 13.0. The predicted molar refractivity (Wildman–Crippen MR) is 105 cm³/mol. The van der Waals surface area contributed by atoms with Gasteiger partial charge in [0.25, 0.3) is 5.91 Å². The number of rotatable bonds is 7. The number of alkyl halides is 2. The van der Waals surface area contributed by atoms with Gasteiger partial charge in [0.05, 0.1) is 6.04 Å². The average Bonchev–Trinajstić information content (AvgIpc) is 2.73. The zero-order chi connectivity index (χ0) is 20.1. The van der Waals surface area contributed by atoms with Crippen LogP contribution >= 0.6 is 0 Å². The van der Waals surface area contributed by atoms with Crippen LogP contribution < -0.4 is 10.8 Å². The Kier molecular flexibility index (Phi) is 6.34. The van der Waals surface area contributed by atoms with Crippen LogP contribution in [0, 0.1) is 5.92 Å². The lowest BCUT2D eigenvalue weighted by Crippen LogP contribution is -2.48. The smallest absolute Gasteiger partial charge is 0.260 e. The van der Waals surface area contributed by atoms with Gasteiger partial charge in [0.15, 0.2) is 0 Å². The highest BCUT2D eigenvalue weighted by atomic mass is 19.3. The Balaban J connectivity index is 1.77. The highest BCUT2D eigenvalue weighted by molar-refractivity contribution is 5.88. The first-order chi connectivity index (χ1) is 13.5. The SMILES string of the molecule is CC(C(F)F)C(NCc1ccc2cc(-c3ccccc3)ccc2c1)C(=O)NO. The Morgan fingerprint density at radius 3 is 2.32 bits per heavy atom. The molecule has 28 heavy (non-hydrogen) atoms. The van der Waals surface area contributed by atoms with Crippen LogP contribution in [0.3, 0.4) is 0 Å². The van der Waals surface area contributed by atoms with Crippen molar-refractivity contribution in [2.24, 2.45) is 5.92 Å². The molecule has 0 radical (unpaired) electrons. The molecule has 0 bridgehead atoms. The minimum atomic E-state index is -2.68. The standard InChI is InChI=1S/C22H22F2N2O2/c1-14(21(23)24)20(22(27)26-28)25-13-15-7-8-19-12-18(10-9-17(19)11-15)16-5-3-2-4-6-16/h2-12,14,20-21,25,28H,13H2,1H3,(H,26,27). The molecular formula is C22H22F2N2O2. The molecule has 0 spiro atoms. The fourth-order valence-electron chi connectivity index (χ4n) is 3.18. The normalized spacial score (nSPS) is 13.5. The monoisotopic (exact) mass is 384 g/mol. The van der Waals surface area contributed by atoms with Gasteiger partial charge in [-0.3, -0.25) is 10.0 Å². The summed E-state index contributed by atoms with van der Waals surface area (Å²) in [6, 6.07) is 20.8. The van der Waals surface area contributed by atoms with Crippen molar-refractivity contribution in [3.05, 3.63) is 72.3 Å². The van der Waals surface area contributed by atoms with Crippen LogP contribution in [-0.2, 0) is 11.3 Å². The zero-order valence-corrected chi connectivity index (χ0v) is 15.4. The molecule has 4 nitrogen and oxygen atoms in total. The second-order valence-electron chi connectivity index (χ2n) is 6.79. The molecule has 3 N–H and O–H groups in total. The fraction of sp³-hybridized carbons (Fsp3) is 0.227. The second kappa shape index (κ2) is 8.91. The van der Waals surface area contributed by atoms with E-state index in [2.05, 4.69) is 23.5 Å². The van der Waals surface area contributed by atoms with Crippen LogP contribution in [0.15, 0.2) is 66.7 Å². The minimum Gasteiger partial charge on any atom is -0.301 e. The van der Waals surface area contributed by atoms with Crippen LogP contribution in [0.2, 0.25) is 0 Å². The second-order valence-corrected chi connectivity index (χ2v) is 6.79. The number of carbonyl (C=O) groups is 1. The Morgan fingerprint density at radius 1 is 0.964 bits per heavy atom. The van der Waals surface area contributed by atoms with Crippen molar-refractivity contribution in [3.63, 3.8) is 0 Å². The molecule has 3 aromatic rings. The number of benzene rings is 3. The van der Waals surface area contributed by atoms with Crippen molar-refractivity contribution in [2.75, 3.05) is 0 Å². The van der Waals surface area contributed by atoms with Crippen LogP contribution in [0.5, 0.6) is 0 Å². The molecule has 3 rings (SSSR count). The van der Waals surface area contributed by atoms with Gasteiger partial charge in [0.1, 0.15) is 0 Å². The van der Waals surface area contributed by atoms with Gasteiger partial charge in [-0.25, -0.2) is 14.3 Å². The zero-order valence-electron chi connectivity index (χ0n) is 15.4. The van der Waals surface area contributed by atoms with Crippen molar-refractivity contribution in [1.82, 2.24) is 10.8 Å². The largest absolute Gasteiger partial charge is 0.301 e. The van der Waals surface area contributed by atoms with E-state index < -0.39 is 24.3 Å². The van der Waals surface area contributed by atoms with Crippen LogP contribution in [0.1, 0.15) is 12.5 Å². The molecule has 0 aliphatic carbocycles. The van der Waals surface area contributed by atoms with Gasteiger partial charge in [-0.05, 0) is 39.6 Å². The van der Waals surface area contributed by atoms with Gasteiger partial charge in [0.2, 0.25) is 6.43 Å². The number of hydrogen-bond acceptors (Lipinski definition) is 3. The predicted octanol–water partition coefficient (Wildman–Crippen LogP) is 4.37. The Hall–Kier alpha value is -2.83. The first-order valence-corrected chi connectivity index (χ1v) is 9.03. The Labute approximate surface area is 162 Å². The quantitative estimate of drug-likeness (QED) is 0.419. The molecule has 2 atom stereocenters. The molecular weight excluding hydrogens is 362 g/mol. The van der Waals surface area contributed by atoms with Crippen molar-refractivity contribution < 1.29 is 18.8 Å². The molecule has 2 unspecified atom stereocenters. The van der Waals surface area contributed by atoms with Crippen LogP contribution in [0.4, 0.5) is 8.78 Å². The lowest BCUT2D eigenvalue weighted by Gasteiger charge is -2.22. The number of amides is 1. The molecule has 3 aromatic carbocycles. The fourth-order valence-corrected chi connectivity index (χ4v) is 3.18. The maximum Gasteiger partial charge on any atom is 0.260 e. The van der Waals surface area contributed by atoms with E-state index in [9.17, 15) is 13.6 Å². The third-order valence-electron chi connectivity index (χ3n) is 4.85. The lowest BCUT2D eigenvalue weighted by molar-refractivity contribution is -0.134. The summed E-state index contributed by atoms with van der Waals surface area (Å²) in [5.41, 5.74) is 4.56. The Bertz CT molecular complexity index is 948. The third kappa shape index (κ3) is 4.52. The minimum absolute atomic E-state index is 0.228. The first-order valence-electron chi connectivity index (χ1n) is 9.03. The number of nitrogens with one attached hydrogen (secondary N) is 2. The first kappa shape index (κ1) is 19.9. The molecule has 0 heterocycles. The van der Waals surface area contributed by atoms with Gasteiger partial charge in [-0.2, -0.15) is 0 Å². The van der Waals surface area contributed by atoms with E-state index in [4.69, 9.17) is 5.21 Å². The number of fused-ring (bicyclic) bond motifs is 1. The maximum atomic E-state index is 13.0. The highest BCUT2D eigenvalue weighted by Crippen LogP contribution is 2.25. The van der Waals surface area contributed by atoms with Crippen molar-refractivity contribution >= 4 is 16.7 Å².